The molecule has 0 atom stereocenters. The zero-order valence-corrected chi connectivity index (χ0v) is 21.9. The van der Waals surface area contributed by atoms with Gasteiger partial charge in [-0.3, -0.25) is 9.59 Å². The monoisotopic (exact) mass is 545 g/mol. The Labute approximate surface area is 213 Å². The van der Waals surface area contributed by atoms with E-state index < -0.39 is 5.41 Å². The third-order valence-electron chi connectivity index (χ3n) is 5.89. The van der Waals surface area contributed by atoms with Crippen LogP contribution in [0, 0.1) is 5.41 Å². The average Bonchev–Trinajstić information content (AvgIpc) is 3.36. The van der Waals surface area contributed by atoms with Crippen molar-refractivity contribution in [3.63, 3.8) is 0 Å². The number of rotatable bonds is 10. The zero-order chi connectivity index (χ0) is 25.4. The van der Waals surface area contributed by atoms with E-state index in [0.717, 1.165) is 31.6 Å². The van der Waals surface area contributed by atoms with Crippen LogP contribution in [-0.2, 0) is 9.59 Å². The van der Waals surface area contributed by atoms with Gasteiger partial charge < -0.3 is 26.2 Å². The normalized spacial score (nSPS) is 13.3. The van der Waals surface area contributed by atoms with Gasteiger partial charge in [0.2, 0.25) is 11.9 Å². The highest BCUT2D eigenvalue weighted by molar-refractivity contribution is 9.10. The maximum absolute atomic E-state index is 12.3. The number of ketones is 1. The second-order valence-corrected chi connectivity index (χ2v) is 9.79. The quantitative estimate of drug-likeness (QED) is 0.261. The number of likely N-dealkylation sites (tertiary alicyclic amines) is 1. The zero-order valence-electron chi connectivity index (χ0n) is 20.3. The third-order valence-corrected chi connectivity index (χ3v) is 6.47. The number of urea groups is 1. The van der Waals surface area contributed by atoms with Crippen molar-refractivity contribution in [1.29, 1.82) is 0 Å². The van der Waals surface area contributed by atoms with Crippen molar-refractivity contribution in [1.82, 2.24) is 20.2 Å². The predicted molar refractivity (Wildman–Crippen MR) is 140 cm³/mol. The van der Waals surface area contributed by atoms with Gasteiger partial charge in [0.1, 0.15) is 17.0 Å². The van der Waals surface area contributed by atoms with E-state index >= 15 is 0 Å². The third kappa shape index (κ3) is 7.38. The summed E-state index contributed by atoms with van der Waals surface area (Å²) in [5.74, 6) is 0.558. The molecule has 11 heteroatoms. The molecule has 10 nitrogen and oxygen atoms in total. The first-order chi connectivity index (χ1) is 16.7. The van der Waals surface area contributed by atoms with Crippen LogP contribution in [0.2, 0.25) is 0 Å². The summed E-state index contributed by atoms with van der Waals surface area (Å²) in [5.41, 5.74) is 0.406. The molecule has 4 N–H and O–H groups in total. The summed E-state index contributed by atoms with van der Waals surface area (Å²) >= 11 is 3.45. The van der Waals surface area contributed by atoms with Crippen LogP contribution < -0.4 is 21.3 Å². The van der Waals surface area contributed by atoms with Crippen molar-refractivity contribution < 1.29 is 14.4 Å². The van der Waals surface area contributed by atoms with E-state index in [0.29, 0.717) is 41.4 Å². The van der Waals surface area contributed by atoms with E-state index in [1.165, 1.54) is 6.92 Å². The number of benzene rings is 1. The lowest BCUT2D eigenvalue weighted by atomic mass is 9.88. The lowest BCUT2D eigenvalue weighted by Crippen LogP contribution is -2.42. The number of hydrogen-bond acceptors (Lipinski definition) is 7. The highest BCUT2D eigenvalue weighted by atomic mass is 79.9. The molecule has 188 valence electrons. The first-order valence-electron chi connectivity index (χ1n) is 11.7. The Morgan fingerprint density at radius 1 is 1.11 bits per heavy atom. The number of hydrogen-bond donors (Lipinski definition) is 4. The van der Waals surface area contributed by atoms with Crippen LogP contribution >= 0.6 is 15.9 Å². The van der Waals surface area contributed by atoms with Crippen molar-refractivity contribution in [3.8, 4) is 0 Å². The Bertz CT molecular complexity index is 1070. The van der Waals surface area contributed by atoms with Crippen LogP contribution in [0.25, 0.3) is 0 Å². The standard InChI is InChI=1S/C24H32BrN7O3/c1-16(33)24(2,3)21(34)27-11-7-10-26-20-19(25)15-28-22(31-20)29-17-8-6-9-18(14-17)30-23(35)32-12-4-5-13-32/h6,8-9,14-15H,4-5,7,10-13H2,1-3H3,(H,27,34)(H,30,35)(H2,26,28,29,31). The maximum atomic E-state index is 12.3. The van der Waals surface area contributed by atoms with Gasteiger partial charge in [0.15, 0.2) is 0 Å². The van der Waals surface area contributed by atoms with Crippen LogP contribution in [0.3, 0.4) is 0 Å². The fourth-order valence-electron chi connectivity index (χ4n) is 3.36. The number of halogens is 1. The fourth-order valence-corrected chi connectivity index (χ4v) is 3.69. The minimum absolute atomic E-state index is 0.0907. The van der Waals surface area contributed by atoms with Gasteiger partial charge in [-0.2, -0.15) is 4.98 Å². The van der Waals surface area contributed by atoms with Crippen LogP contribution in [0.1, 0.15) is 40.0 Å². The number of amides is 3. The topological polar surface area (TPSA) is 128 Å². The smallest absolute Gasteiger partial charge is 0.321 e. The average molecular weight is 546 g/mol. The van der Waals surface area contributed by atoms with Crippen molar-refractivity contribution in [3.05, 3.63) is 34.9 Å². The van der Waals surface area contributed by atoms with Gasteiger partial charge in [-0.15, -0.1) is 0 Å². The molecule has 1 fully saturated rings. The fraction of sp³-hybridized carbons (Fsp3) is 0.458. The molecule has 1 saturated heterocycles. The maximum Gasteiger partial charge on any atom is 0.321 e. The molecular formula is C24H32BrN7O3. The Balaban J connectivity index is 1.51. The van der Waals surface area contributed by atoms with Gasteiger partial charge in [0, 0.05) is 43.8 Å². The largest absolute Gasteiger partial charge is 0.369 e. The minimum atomic E-state index is -1.03. The number of anilines is 4. The molecule has 1 aliphatic heterocycles. The molecule has 0 saturated carbocycles. The highest BCUT2D eigenvalue weighted by Gasteiger charge is 2.32. The summed E-state index contributed by atoms with van der Waals surface area (Å²) in [4.78, 5) is 46.7. The number of nitrogens with zero attached hydrogens (tertiary/aromatic N) is 3. The van der Waals surface area contributed by atoms with E-state index in [4.69, 9.17) is 0 Å². The summed E-state index contributed by atoms with van der Waals surface area (Å²) in [5, 5.41) is 12.1. The number of aromatic nitrogens is 2. The molecule has 1 aromatic carbocycles. The van der Waals surface area contributed by atoms with Crippen molar-refractivity contribution in [2.45, 2.75) is 40.0 Å². The molecule has 0 bridgehead atoms. The Morgan fingerprint density at radius 2 is 1.83 bits per heavy atom. The Hall–Kier alpha value is -3.21. The lowest BCUT2D eigenvalue weighted by molar-refractivity contribution is -0.138. The molecule has 1 aliphatic rings. The number of Topliss-reactive ketones (excluding diaryl/α,β-unsaturated/α-hetero) is 1. The molecule has 0 unspecified atom stereocenters. The molecular weight excluding hydrogens is 514 g/mol. The van der Waals surface area contributed by atoms with Gasteiger partial charge in [0.25, 0.3) is 0 Å². The molecule has 2 aromatic rings. The van der Waals surface area contributed by atoms with E-state index in [-0.39, 0.29) is 17.7 Å². The molecule has 0 spiro atoms. The van der Waals surface area contributed by atoms with Crippen LogP contribution in [0.4, 0.5) is 27.9 Å². The van der Waals surface area contributed by atoms with Crippen molar-refractivity contribution >= 4 is 56.8 Å². The summed E-state index contributed by atoms with van der Waals surface area (Å²) < 4.78 is 0.705. The van der Waals surface area contributed by atoms with E-state index in [1.54, 1.807) is 20.0 Å². The van der Waals surface area contributed by atoms with Gasteiger partial charge in [-0.05, 0) is 74.2 Å². The van der Waals surface area contributed by atoms with Gasteiger partial charge in [0.05, 0.1) is 4.47 Å². The number of carbonyl (C=O) groups is 3. The second-order valence-electron chi connectivity index (χ2n) is 8.94. The van der Waals surface area contributed by atoms with E-state index in [2.05, 4.69) is 47.2 Å². The predicted octanol–water partition coefficient (Wildman–Crippen LogP) is 4.14. The molecule has 0 radical (unpaired) electrons. The van der Waals surface area contributed by atoms with Crippen molar-refractivity contribution in [2.75, 3.05) is 42.1 Å². The van der Waals surface area contributed by atoms with Crippen molar-refractivity contribution in [2.24, 2.45) is 5.41 Å². The van der Waals surface area contributed by atoms with E-state index in [9.17, 15) is 14.4 Å². The Morgan fingerprint density at radius 3 is 2.54 bits per heavy atom. The Kier molecular flexibility index (Phi) is 9.02. The van der Waals surface area contributed by atoms with Gasteiger partial charge >= 0.3 is 6.03 Å². The van der Waals surface area contributed by atoms with Crippen LogP contribution in [-0.4, -0.2) is 58.8 Å². The van der Waals surface area contributed by atoms with E-state index in [1.807, 2.05) is 29.2 Å². The number of carbonyl (C=O) groups excluding carboxylic acids is 3. The van der Waals surface area contributed by atoms with Gasteiger partial charge in [-0.25, -0.2) is 9.78 Å². The molecule has 3 rings (SSSR count). The molecule has 3 amide bonds. The summed E-state index contributed by atoms with van der Waals surface area (Å²) in [7, 11) is 0. The molecule has 0 aliphatic carbocycles. The summed E-state index contributed by atoms with van der Waals surface area (Å²) in [6.45, 7) is 7.23. The SMILES string of the molecule is CC(=O)C(C)(C)C(=O)NCCCNc1nc(Nc2cccc(NC(=O)N3CCCC3)c2)ncc1Br. The molecule has 1 aromatic heterocycles. The highest BCUT2D eigenvalue weighted by Crippen LogP contribution is 2.23. The van der Waals surface area contributed by atoms with Gasteiger partial charge in [-0.1, -0.05) is 6.07 Å². The second kappa shape index (κ2) is 12.0. The van der Waals surface area contributed by atoms with Crippen LogP contribution in [0.15, 0.2) is 34.9 Å². The summed E-state index contributed by atoms with van der Waals surface area (Å²) in [6, 6.07) is 7.30. The number of nitrogens with one attached hydrogen (secondary N) is 4. The first-order valence-corrected chi connectivity index (χ1v) is 12.4. The summed E-state index contributed by atoms with van der Waals surface area (Å²) in [6.07, 6.45) is 4.38. The first kappa shape index (κ1) is 26.4. The van der Waals surface area contributed by atoms with Crippen LogP contribution in [0.5, 0.6) is 0 Å². The lowest BCUT2D eigenvalue weighted by Gasteiger charge is -2.20. The molecule has 35 heavy (non-hydrogen) atoms. The molecule has 2 heterocycles. The minimum Gasteiger partial charge on any atom is -0.369 e.